The molecule has 1 aromatic carbocycles. The minimum absolute atomic E-state index is 0.183. The number of nitrogens with one attached hydrogen (secondary N) is 1. The van der Waals surface area contributed by atoms with Gasteiger partial charge in [-0.25, -0.2) is 19.3 Å². The number of aliphatic carboxylic acids is 1. The molecule has 7 heteroatoms. The summed E-state index contributed by atoms with van der Waals surface area (Å²) in [5, 5.41) is 11.8. The fourth-order valence-electron chi connectivity index (χ4n) is 2.76. The number of rotatable bonds is 4. The third-order valence-electron chi connectivity index (χ3n) is 4.07. The molecule has 0 spiro atoms. The number of carbonyl (C=O) groups is 3. The molecule has 1 saturated heterocycles. The van der Waals surface area contributed by atoms with Crippen LogP contribution in [0, 0.1) is 0 Å². The normalized spacial score (nSPS) is 15.5. The number of piperidine rings is 1. The maximum absolute atomic E-state index is 12.5. The third-order valence-corrected chi connectivity index (χ3v) is 4.07. The van der Waals surface area contributed by atoms with Crippen LogP contribution in [-0.2, 0) is 4.79 Å². The predicted molar refractivity (Wildman–Crippen MR) is 88.6 cm³/mol. The quantitative estimate of drug-likeness (QED) is 0.885. The van der Waals surface area contributed by atoms with E-state index in [4.69, 9.17) is 0 Å². The van der Waals surface area contributed by atoms with Crippen molar-refractivity contribution < 1.29 is 19.5 Å². The molecule has 1 aromatic rings. The fourth-order valence-corrected chi connectivity index (χ4v) is 2.76. The van der Waals surface area contributed by atoms with E-state index in [-0.39, 0.29) is 12.6 Å². The van der Waals surface area contributed by atoms with Gasteiger partial charge in [0, 0.05) is 19.6 Å². The van der Waals surface area contributed by atoms with E-state index < -0.39 is 18.0 Å². The molecule has 1 unspecified atom stereocenters. The van der Waals surface area contributed by atoms with E-state index in [0.717, 1.165) is 24.2 Å². The average Bonchev–Trinajstić information content (AvgIpc) is 2.61. The first-order valence-corrected chi connectivity index (χ1v) is 8.19. The van der Waals surface area contributed by atoms with Crippen molar-refractivity contribution in [3.63, 3.8) is 0 Å². The SMILES string of the molecule is CCN(C(=O)NC(C(=O)O)c1ccccc1)C(=O)N1CCCCC1. The molecule has 2 rings (SSSR count). The summed E-state index contributed by atoms with van der Waals surface area (Å²) in [4.78, 5) is 39.1. The summed E-state index contributed by atoms with van der Waals surface area (Å²) in [5.74, 6) is -1.17. The third kappa shape index (κ3) is 4.24. The second kappa shape index (κ2) is 8.33. The Morgan fingerprint density at radius 1 is 1.17 bits per heavy atom. The number of hydrogen-bond donors (Lipinski definition) is 2. The largest absolute Gasteiger partial charge is 0.479 e. The van der Waals surface area contributed by atoms with Gasteiger partial charge >= 0.3 is 18.0 Å². The lowest BCUT2D eigenvalue weighted by Crippen LogP contribution is -2.52. The first-order valence-electron chi connectivity index (χ1n) is 8.19. The van der Waals surface area contributed by atoms with Crippen LogP contribution in [0.1, 0.15) is 37.8 Å². The molecule has 1 fully saturated rings. The van der Waals surface area contributed by atoms with Crippen molar-refractivity contribution >= 4 is 18.0 Å². The highest BCUT2D eigenvalue weighted by molar-refractivity contribution is 5.95. The summed E-state index contributed by atoms with van der Waals surface area (Å²) in [6.07, 6.45) is 2.93. The monoisotopic (exact) mass is 333 g/mol. The highest BCUT2D eigenvalue weighted by atomic mass is 16.4. The molecular formula is C17H23N3O4. The number of carboxylic acid groups (broad SMARTS) is 1. The number of likely N-dealkylation sites (tertiary alicyclic amines) is 1. The molecule has 0 saturated carbocycles. The summed E-state index contributed by atoms with van der Waals surface area (Å²) in [6.45, 7) is 3.13. The number of carbonyl (C=O) groups excluding carboxylic acids is 2. The van der Waals surface area contributed by atoms with Crippen LogP contribution in [-0.4, -0.2) is 52.6 Å². The molecule has 0 radical (unpaired) electrons. The fraction of sp³-hybridized carbons (Fsp3) is 0.471. The van der Waals surface area contributed by atoms with Crippen molar-refractivity contribution in [2.45, 2.75) is 32.2 Å². The van der Waals surface area contributed by atoms with E-state index in [1.165, 1.54) is 0 Å². The van der Waals surface area contributed by atoms with E-state index in [0.29, 0.717) is 18.7 Å². The van der Waals surface area contributed by atoms with Gasteiger partial charge in [-0.1, -0.05) is 30.3 Å². The highest BCUT2D eigenvalue weighted by Gasteiger charge is 2.30. The first-order chi connectivity index (χ1) is 11.5. The van der Waals surface area contributed by atoms with E-state index >= 15 is 0 Å². The molecule has 7 nitrogen and oxygen atoms in total. The Bertz CT molecular complexity index is 585. The second-order valence-corrected chi connectivity index (χ2v) is 5.71. The number of carboxylic acids is 1. The van der Waals surface area contributed by atoms with Crippen LogP contribution in [0.15, 0.2) is 30.3 Å². The van der Waals surface area contributed by atoms with Gasteiger partial charge in [0.25, 0.3) is 0 Å². The van der Waals surface area contributed by atoms with Crippen LogP contribution in [0.2, 0.25) is 0 Å². The second-order valence-electron chi connectivity index (χ2n) is 5.71. The van der Waals surface area contributed by atoms with Crippen molar-refractivity contribution in [3.8, 4) is 0 Å². The van der Waals surface area contributed by atoms with Crippen LogP contribution in [0.25, 0.3) is 0 Å². The molecule has 0 aromatic heterocycles. The summed E-state index contributed by atoms with van der Waals surface area (Å²) in [5.41, 5.74) is 0.458. The lowest BCUT2D eigenvalue weighted by atomic mass is 10.1. The number of nitrogens with zero attached hydrogens (tertiary/aromatic N) is 2. The molecule has 130 valence electrons. The minimum Gasteiger partial charge on any atom is -0.479 e. The lowest BCUT2D eigenvalue weighted by Gasteiger charge is -2.32. The van der Waals surface area contributed by atoms with Crippen LogP contribution < -0.4 is 5.32 Å². The van der Waals surface area contributed by atoms with E-state index in [2.05, 4.69) is 5.32 Å². The van der Waals surface area contributed by atoms with Gasteiger partial charge in [0.2, 0.25) is 0 Å². The van der Waals surface area contributed by atoms with E-state index in [9.17, 15) is 19.5 Å². The molecule has 1 heterocycles. The predicted octanol–water partition coefficient (Wildman–Crippen LogP) is 2.45. The molecule has 1 atom stereocenters. The van der Waals surface area contributed by atoms with Crippen molar-refractivity contribution in [2.75, 3.05) is 19.6 Å². The van der Waals surface area contributed by atoms with Crippen molar-refractivity contribution in [1.82, 2.24) is 15.1 Å². The maximum Gasteiger partial charge on any atom is 0.330 e. The van der Waals surface area contributed by atoms with Crippen LogP contribution in [0.4, 0.5) is 9.59 Å². The van der Waals surface area contributed by atoms with Crippen molar-refractivity contribution in [3.05, 3.63) is 35.9 Å². The maximum atomic E-state index is 12.5. The summed E-state index contributed by atoms with van der Waals surface area (Å²) < 4.78 is 0. The van der Waals surface area contributed by atoms with Crippen LogP contribution in [0.5, 0.6) is 0 Å². The summed E-state index contributed by atoms with van der Waals surface area (Å²) in [7, 11) is 0. The molecule has 1 aliphatic rings. The molecule has 1 aliphatic heterocycles. The average molecular weight is 333 g/mol. The molecule has 0 aliphatic carbocycles. The summed E-state index contributed by atoms with van der Waals surface area (Å²) >= 11 is 0. The number of imide groups is 1. The summed E-state index contributed by atoms with van der Waals surface area (Å²) in [6, 6.07) is 6.17. The first kappa shape index (κ1) is 17.8. The Kier molecular flexibility index (Phi) is 6.17. The molecule has 0 bridgehead atoms. The number of benzene rings is 1. The van der Waals surface area contributed by atoms with Crippen LogP contribution >= 0.6 is 0 Å². The Morgan fingerprint density at radius 2 is 1.79 bits per heavy atom. The zero-order valence-corrected chi connectivity index (χ0v) is 13.8. The zero-order chi connectivity index (χ0) is 17.5. The van der Waals surface area contributed by atoms with Gasteiger partial charge in [-0.2, -0.15) is 0 Å². The Morgan fingerprint density at radius 3 is 2.33 bits per heavy atom. The van der Waals surface area contributed by atoms with Gasteiger partial charge in [0.15, 0.2) is 6.04 Å². The van der Waals surface area contributed by atoms with Gasteiger partial charge in [-0.15, -0.1) is 0 Å². The minimum atomic E-state index is -1.19. The Balaban J connectivity index is 2.09. The molecule has 4 amide bonds. The van der Waals surface area contributed by atoms with Crippen molar-refractivity contribution in [1.29, 1.82) is 0 Å². The highest BCUT2D eigenvalue weighted by Crippen LogP contribution is 2.15. The lowest BCUT2D eigenvalue weighted by molar-refractivity contribution is -0.139. The van der Waals surface area contributed by atoms with Gasteiger partial charge < -0.3 is 15.3 Å². The van der Waals surface area contributed by atoms with E-state index in [1.54, 1.807) is 42.2 Å². The topological polar surface area (TPSA) is 90.0 Å². The zero-order valence-electron chi connectivity index (χ0n) is 13.8. The van der Waals surface area contributed by atoms with Crippen molar-refractivity contribution in [2.24, 2.45) is 0 Å². The van der Waals surface area contributed by atoms with Gasteiger partial charge in [0.05, 0.1) is 0 Å². The van der Waals surface area contributed by atoms with Gasteiger partial charge in [-0.3, -0.25) is 0 Å². The Hall–Kier alpha value is -2.57. The molecule has 24 heavy (non-hydrogen) atoms. The van der Waals surface area contributed by atoms with Gasteiger partial charge in [0.1, 0.15) is 0 Å². The molecule has 2 N–H and O–H groups in total. The smallest absolute Gasteiger partial charge is 0.330 e. The van der Waals surface area contributed by atoms with E-state index in [1.807, 2.05) is 0 Å². The molecular weight excluding hydrogens is 310 g/mol. The number of hydrogen-bond acceptors (Lipinski definition) is 3. The number of urea groups is 2. The standard InChI is InChI=1S/C17H23N3O4/c1-2-20(17(24)19-11-7-4-8-12-19)16(23)18-14(15(21)22)13-9-5-3-6-10-13/h3,5-6,9-10,14H,2,4,7-8,11-12H2,1H3,(H,18,23)(H,21,22). The van der Waals surface area contributed by atoms with Gasteiger partial charge in [-0.05, 0) is 31.7 Å². The Labute approximate surface area is 141 Å². The van der Waals surface area contributed by atoms with Crippen LogP contribution in [0.3, 0.4) is 0 Å². The number of amides is 4.